The van der Waals surface area contributed by atoms with Crippen LogP contribution in [0.2, 0.25) is 5.02 Å². The molecule has 0 saturated carbocycles. The second kappa shape index (κ2) is 11.9. The Balaban J connectivity index is 1.42. The summed E-state index contributed by atoms with van der Waals surface area (Å²) in [6.45, 7) is 6.95. The number of esters is 1. The molecule has 3 aliphatic heterocycles. The fraction of sp³-hybridized carbons (Fsp3) is 0.438. The number of carbonyl (C=O) groups is 1. The van der Waals surface area contributed by atoms with Gasteiger partial charge in [0.05, 0.1) is 13.2 Å². The Labute approximate surface area is 262 Å². The first-order valence-corrected chi connectivity index (χ1v) is 15.6. The first-order chi connectivity index (χ1) is 21.4. The van der Waals surface area contributed by atoms with Crippen LogP contribution in [0, 0.1) is 0 Å². The summed E-state index contributed by atoms with van der Waals surface area (Å²) in [5, 5.41) is 1.74. The third kappa shape index (κ3) is 5.33. The maximum atomic E-state index is 13.7. The van der Waals surface area contributed by atoms with Gasteiger partial charge in [0.1, 0.15) is 6.04 Å². The fourth-order valence-corrected chi connectivity index (χ4v) is 6.73. The number of ether oxygens (including phenoxy) is 1. The van der Waals surface area contributed by atoms with E-state index in [2.05, 4.69) is 50.8 Å². The lowest BCUT2D eigenvalue weighted by molar-refractivity contribution is -0.142. The average Bonchev–Trinajstić information content (AvgIpc) is 3.43. The highest BCUT2D eigenvalue weighted by atomic mass is 35.5. The summed E-state index contributed by atoms with van der Waals surface area (Å²) >= 11 is 6.36. The third-order valence-corrected chi connectivity index (χ3v) is 9.45. The number of para-hydroxylation sites is 1. The molecule has 230 valence electrons. The van der Waals surface area contributed by atoms with Crippen molar-refractivity contribution in [1.29, 1.82) is 0 Å². The summed E-state index contributed by atoms with van der Waals surface area (Å²) in [6, 6.07) is 15.0. The molecule has 0 bridgehead atoms. The van der Waals surface area contributed by atoms with E-state index in [1.54, 1.807) is 0 Å². The number of hydrogen-bond acceptors (Lipinski definition) is 10. The second-order valence-electron chi connectivity index (χ2n) is 12.0. The van der Waals surface area contributed by atoms with E-state index in [-0.39, 0.29) is 5.97 Å². The number of aromatic nitrogens is 4. The molecule has 2 saturated heterocycles. The van der Waals surface area contributed by atoms with Crippen LogP contribution in [0.25, 0.3) is 10.9 Å². The molecule has 1 N–H and O–H groups in total. The van der Waals surface area contributed by atoms with Crippen molar-refractivity contribution in [2.24, 2.45) is 0 Å². The molecule has 7 rings (SSSR count). The monoisotopic (exact) mass is 615 g/mol. The molecular formula is C32H38ClN9O2. The molecule has 11 nitrogen and oxygen atoms in total. The molecule has 0 unspecified atom stereocenters. The number of nitrogens with one attached hydrogen (secondary N) is 1. The number of H-pyrrole nitrogens is 1. The van der Waals surface area contributed by atoms with Crippen molar-refractivity contribution in [2.75, 3.05) is 88.3 Å². The Kier molecular flexibility index (Phi) is 7.77. The molecule has 12 heteroatoms. The van der Waals surface area contributed by atoms with Crippen LogP contribution in [0.1, 0.15) is 22.9 Å². The molecule has 0 radical (unpaired) electrons. The number of anilines is 3. The molecule has 0 spiro atoms. The van der Waals surface area contributed by atoms with E-state index in [0.29, 0.717) is 29.3 Å². The van der Waals surface area contributed by atoms with E-state index in [4.69, 9.17) is 31.3 Å². The number of likely N-dealkylation sites (N-methyl/N-ethyl adjacent to an activating group) is 2. The number of methoxy groups -OCH3 is 1. The minimum Gasteiger partial charge on any atom is -0.467 e. The van der Waals surface area contributed by atoms with Crippen LogP contribution < -0.4 is 14.7 Å². The summed E-state index contributed by atoms with van der Waals surface area (Å²) < 4.78 is 5.45. The van der Waals surface area contributed by atoms with Gasteiger partial charge >= 0.3 is 5.97 Å². The molecule has 2 aromatic heterocycles. The van der Waals surface area contributed by atoms with Gasteiger partial charge in [-0.1, -0.05) is 41.9 Å². The molecule has 2 fully saturated rings. The van der Waals surface area contributed by atoms with Gasteiger partial charge in [0, 0.05) is 80.4 Å². The van der Waals surface area contributed by atoms with Crippen LogP contribution in [-0.2, 0) is 16.0 Å². The number of carbonyl (C=O) groups excluding carboxylic acids is 1. The number of hydrogen-bond donors (Lipinski definition) is 1. The summed E-state index contributed by atoms with van der Waals surface area (Å²) in [5.41, 5.74) is 4.10. The predicted octanol–water partition coefficient (Wildman–Crippen LogP) is 3.20. The molecule has 44 heavy (non-hydrogen) atoms. The summed E-state index contributed by atoms with van der Waals surface area (Å²) in [5.74, 6) is 1.40. The van der Waals surface area contributed by atoms with Crippen molar-refractivity contribution in [3.05, 3.63) is 70.4 Å². The quantitative estimate of drug-likeness (QED) is 0.337. The number of fused-ring (bicyclic) bond motifs is 3. The topological polar surface area (TPSA) is 97.0 Å². The van der Waals surface area contributed by atoms with Crippen LogP contribution in [0.15, 0.2) is 48.5 Å². The molecule has 2 atom stereocenters. The standard InChI is InChI=1S/C32H38ClN9O2/c1-38-12-16-40(17-13-38)30-35-31(41-18-14-39(2)15-19-41)37-32(36-30)42-26(29(43)44-3)20-24-23-6-4-5-7-25(23)34-27(24)28(42)21-8-10-22(33)11-9-21/h4-11,26,28,34H,12-20H2,1-3H3/t26-,28-/m0/s1. The Morgan fingerprint density at radius 2 is 1.39 bits per heavy atom. The minimum atomic E-state index is -0.657. The highest BCUT2D eigenvalue weighted by Gasteiger charge is 2.44. The van der Waals surface area contributed by atoms with Gasteiger partial charge in [0.25, 0.3) is 0 Å². The van der Waals surface area contributed by atoms with Crippen LogP contribution in [0.4, 0.5) is 17.8 Å². The maximum absolute atomic E-state index is 13.7. The Morgan fingerprint density at radius 3 is 1.98 bits per heavy atom. The smallest absolute Gasteiger partial charge is 0.328 e. The molecule has 4 aromatic rings. The zero-order chi connectivity index (χ0) is 30.4. The SMILES string of the molecule is COC(=O)[C@@H]1Cc2c([nH]c3ccccc23)[C@H](c2ccc(Cl)cc2)N1c1nc(N2CCN(C)CC2)nc(N2CCN(C)CC2)n1. The number of benzene rings is 2. The van der Waals surface area contributed by atoms with E-state index in [1.807, 2.05) is 41.3 Å². The normalized spacial score (nSPS) is 21.5. The van der Waals surface area contributed by atoms with Crippen molar-refractivity contribution >= 4 is 46.3 Å². The molecule has 3 aliphatic rings. The molecule has 0 aliphatic carbocycles. The summed E-state index contributed by atoms with van der Waals surface area (Å²) in [4.78, 5) is 43.8. The molecule has 2 aromatic carbocycles. The van der Waals surface area contributed by atoms with Crippen LogP contribution >= 0.6 is 11.6 Å². The number of nitrogens with zero attached hydrogens (tertiary/aromatic N) is 8. The molecule has 5 heterocycles. The summed E-state index contributed by atoms with van der Waals surface area (Å²) in [6.07, 6.45) is 0.454. The van der Waals surface area contributed by atoms with E-state index in [1.165, 1.54) is 7.11 Å². The van der Waals surface area contributed by atoms with Gasteiger partial charge in [-0.05, 0) is 43.4 Å². The highest BCUT2D eigenvalue weighted by molar-refractivity contribution is 6.30. The lowest BCUT2D eigenvalue weighted by atomic mass is 9.88. The number of piperazine rings is 2. The Morgan fingerprint density at radius 1 is 0.818 bits per heavy atom. The Bertz CT molecular complexity index is 1610. The van der Waals surface area contributed by atoms with Crippen molar-refractivity contribution in [2.45, 2.75) is 18.5 Å². The average molecular weight is 616 g/mol. The van der Waals surface area contributed by atoms with Crippen LogP contribution in [0.5, 0.6) is 0 Å². The predicted molar refractivity (Wildman–Crippen MR) is 173 cm³/mol. The maximum Gasteiger partial charge on any atom is 0.328 e. The highest BCUT2D eigenvalue weighted by Crippen LogP contribution is 2.43. The fourth-order valence-electron chi connectivity index (χ4n) is 6.60. The van der Waals surface area contributed by atoms with E-state index in [0.717, 1.165) is 80.1 Å². The zero-order valence-corrected chi connectivity index (χ0v) is 26.2. The van der Waals surface area contributed by atoms with Crippen molar-refractivity contribution < 1.29 is 9.53 Å². The Hall–Kier alpha value is -3.93. The summed E-state index contributed by atoms with van der Waals surface area (Å²) in [7, 11) is 5.71. The van der Waals surface area contributed by atoms with E-state index < -0.39 is 12.1 Å². The van der Waals surface area contributed by atoms with Gasteiger partial charge < -0.3 is 34.2 Å². The lowest BCUT2D eigenvalue weighted by Crippen LogP contribution is -2.51. The van der Waals surface area contributed by atoms with Gasteiger partial charge in [-0.15, -0.1) is 0 Å². The van der Waals surface area contributed by atoms with Gasteiger partial charge in [-0.3, -0.25) is 0 Å². The molecular weight excluding hydrogens is 578 g/mol. The van der Waals surface area contributed by atoms with Gasteiger partial charge in [0.15, 0.2) is 0 Å². The van der Waals surface area contributed by atoms with Crippen molar-refractivity contribution in [3.63, 3.8) is 0 Å². The third-order valence-electron chi connectivity index (χ3n) is 9.19. The number of rotatable bonds is 5. The lowest BCUT2D eigenvalue weighted by Gasteiger charge is -2.42. The van der Waals surface area contributed by atoms with Crippen LogP contribution in [-0.4, -0.2) is 115 Å². The minimum absolute atomic E-state index is 0.331. The number of halogens is 1. The zero-order valence-electron chi connectivity index (χ0n) is 25.4. The first-order valence-electron chi connectivity index (χ1n) is 15.2. The first kappa shape index (κ1) is 28.8. The van der Waals surface area contributed by atoms with Crippen molar-refractivity contribution in [1.82, 2.24) is 29.7 Å². The van der Waals surface area contributed by atoms with Gasteiger partial charge in [-0.2, -0.15) is 15.0 Å². The second-order valence-corrected chi connectivity index (χ2v) is 12.4. The van der Waals surface area contributed by atoms with Crippen LogP contribution in [0.3, 0.4) is 0 Å². The van der Waals surface area contributed by atoms with Gasteiger partial charge in [0.2, 0.25) is 17.8 Å². The van der Waals surface area contributed by atoms with E-state index >= 15 is 0 Å². The molecule has 0 amide bonds. The number of aromatic amines is 1. The van der Waals surface area contributed by atoms with Gasteiger partial charge in [-0.25, -0.2) is 4.79 Å². The largest absolute Gasteiger partial charge is 0.467 e. The van der Waals surface area contributed by atoms with Crippen molar-refractivity contribution in [3.8, 4) is 0 Å². The van der Waals surface area contributed by atoms with E-state index in [9.17, 15) is 4.79 Å².